The second-order valence-electron chi connectivity index (χ2n) is 5.32. The van der Waals surface area contributed by atoms with Crippen molar-refractivity contribution in [2.75, 3.05) is 0 Å². The molecule has 0 radical (unpaired) electrons. The summed E-state index contributed by atoms with van der Waals surface area (Å²) in [4.78, 5) is 0. The molecule has 0 heterocycles. The molecule has 0 aromatic carbocycles. The van der Waals surface area contributed by atoms with Gasteiger partial charge in [0.25, 0.3) is 0 Å². The van der Waals surface area contributed by atoms with Crippen LogP contribution in [0.2, 0.25) is 0 Å². The van der Waals surface area contributed by atoms with E-state index in [9.17, 15) is 0 Å². The molecule has 0 aromatic rings. The molecule has 2 atom stereocenters. The molecule has 2 aliphatic rings. The minimum Gasteiger partial charge on any atom is -0.0622 e. The number of rotatable bonds is 1. The van der Waals surface area contributed by atoms with Crippen LogP contribution in [0.3, 0.4) is 0 Å². The predicted molar refractivity (Wildman–Crippen MR) is 57.7 cm³/mol. The first-order valence-electron chi connectivity index (χ1n) is 6.38. The first kappa shape index (κ1) is 9.55. The summed E-state index contributed by atoms with van der Waals surface area (Å²) in [6.45, 7) is 2.50. The molecule has 0 nitrogen and oxygen atoms in total. The van der Waals surface area contributed by atoms with Crippen LogP contribution in [0, 0.1) is 17.8 Å². The van der Waals surface area contributed by atoms with Crippen molar-refractivity contribution in [3.8, 4) is 0 Å². The molecule has 0 amide bonds. The van der Waals surface area contributed by atoms with Gasteiger partial charge in [0, 0.05) is 0 Å². The van der Waals surface area contributed by atoms with Gasteiger partial charge in [-0.1, -0.05) is 58.3 Å². The van der Waals surface area contributed by atoms with Crippen LogP contribution in [0.15, 0.2) is 0 Å². The number of hydrogen-bond donors (Lipinski definition) is 0. The van der Waals surface area contributed by atoms with Crippen molar-refractivity contribution in [3.05, 3.63) is 0 Å². The molecule has 76 valence electrons. The summed E-state index contributed by atoms with van der Waals surface area (Å²) >= 11 is 0. The highest BCUT2D eigenvalue weighted by atomic mass is 14.3. The van der Waals surface area contributed by atoms with Gasteiger partial charge < -0.3 is 0 Å². The van der Waals surface area contributed by atoms with Crippen LogP contribution in [0.1, 0.15) is 64.7 Å². The first-order chi connectivity index (χ1) is 6.38. The van der Waals surface area contributed by atoms with Crippen LogP contribution in [0.5, 0.6) is 0 Å². The molecule has 2 aliphatic carbocycles. The Morgan fingerprint density at radius 1 is 0.692 bits per heavy atom. The van der Waals surface area contributed by atoms with Gasteiger partial charge in [0.2, 0.25) is 0 Å². The monoisotopic (exact) mass is 180 g/mol. The summed E-state index contributed by atoms with van der Waals surface area (Å²) in [5.41, 5.74) is 0. The Kier molecular flexibility index (Phi) is 3.29. The Bertz CT molecular complexity index is 144. The van der Waals surface area contributed by atoms with E-state index in [0.717, 1.165) is 17.8 Å². The maximum atomic E-state index is 2.50. The second-order valence-corrected chi connectivity index (χ2v) is 5.32. The lowest BCUT2D eigenvalue weighted by molar-refractivity contribution is 0.140. The van der Waals surface area contributed by atoms with Crippen LogP contribution in [-0.4, -0.2) is 0 Å². The van der Waals surface area contributed by atoms with Crippen molar-refractivity contribution in [1.29, 1.82) is 0 Å². The second kappa shape index (κ2) is 4.48. The summed E-state index contributed by atoms with van der Waals surface area (Å²) < 4.78 is 0. The Hall–Kier alpha value is 0. The van der Waals surface area contributed by atoms with Crippen molar-refractivity contribution in [1.82, 2.24) is 0 Å². The minimum atomic E-state index is 1.04. The quantitative estimate of drug-likeness (QED) is 0.561. The molecule has 0 unspecified atom stereocenters. The fourth-order valence-electron chi connectivity index (χ4n) is 3.61. The minimum absolute atomic E-state index is 1.04. The average molecular weight is 180 g/mol. The highest BCUT2D eigenvalue weighted by Crippen LogP contribution is 2.41. The van der Waals surface area contributed by atoms with Crippen LogP contribution in [0.4, 0.5) is 0 Å². The first-order valence-corrected chi connectivity index (χ1v) is 6.38. The Labute approximate surface area is 83.1 Å². The lowest BCUT2D eigenvalue weighted by Gasteiger charge is -2.37. The van der Waals surface area contributed by atoms with E-state index in [1.54, 1.807) is 19.3 Å². The lowest BCUT2D eigenvalue weighted by Crippen LogP contribution is -2.26. The van der Waals surface area contributed by atoms with Crippen LogP contribution in [-0.2, 0) is 0 Å². The summed E-state index contributed by atoms with van der Waals surface area (Å²) in [5, 5.41) is 0. The molecule has 2 saturated carbocycles. The summed E-state index contributed by atoms with van der Waals surface area (Å²) in [7, 11) is 0. The summed E-state index contributed by atoms with van der Waals surface area (Å²) in [6, 6.07) is 0. The molecular weight excluding hydrogens is 156 g/mol. The Morgan fingerprint density at radius 2 is 1.31 bits per heavy atom. The zero-order chi connectivity index (χ0) is 9.10. The molecule has 0 aliphatic heterocycles. The van der Waals surface area contributed by atoms with Crippen LogP contribution < -0.4 is 0 Å². The van der Waals surface area contributed by atoms with Crippen LogP contribution >= 0.6 is 0 Å². The zero-order valence-corrected chi connectivity index (χ0v) is 9.10. The normalized spacial score (nSPS) is 37.6. The highest BCUT2D eigenvalue weighted by molar-refractivity contribution is 4.80. The van der Waals surface area contributed by atoms with Crippen molar-refractivity contribution in [3.63, 3.8) is 0 Å². The third kappa shape index (κ3) is 2.27. The van der Waals surface area contributed by atoms with Gasteiger partial charge in [0.05, 0.1) is 0 Å². The van der Waals surface area contributed by atoms with Gasteiger partial charge in [-0.25, -0.2) is 0 Å². The molecule has 0 aromatic heterocycles. The molecular formula is C13H24. The standard InChI is InChI=1S/C13H24/c1-11-7-5-6-10-13(11)12-8-3-2-4-9-12/h11-13H,2-10H2,1H3/t11-,13-/m1/s1. The van der Waals surface area contributed by atoms with E-state index in [4.69, 9.17) is 0 Å². The third-order valence-electron chi connectivity index (χ3n) is 4.43. The van der Waals surface area contributed by atoms with E-state index in [1.807, 2.05) is 0 Å². The smallest absolute Gasteiger partial charge is 0.0360 e. The molecule has 0 bridgehead atoms. The molecule has 0 heteroatoms. The van der Waals surface area contributed by atoms with E-state index >= 15 is 0 Å². The zero-order valence-electron chi connectivity index (χ0n) is 9.10. The Balaban J connectivity index is 1.88. The van der Waals surface area contributed by atoms with Crippen molar-refractivity contribution < 1.29 is 0 Å². The topological polar surface area (TPSA) is 0 Å². The lowest BCUT2D eigenvalue weighted by atomic mass is 9.69. The largest absolute Gasteiger partial charge is 0.0622 e. The van der Waals surface area contributed by atoms with Gasteiger partial charge in [0.15, 0.2) is 0 Å². The van der Waals surface area contributed by atoms with E-state index in [1.165, 1.54) is 38.5 Å². The van der Waals surface area contributed by atoms with E-state index < -0.39 is 0 Å². The average Bonchev–Trinajstić information content (AvgIpc) is 2.20. The van der Waals surface area contributed by atoms with Gasteiger partial charge in [-0.15, -0.1) is 0 Å². The molecule has 2 rings (SSSR count). The van der Waals surface area contributed by atoms with Crippen molar-refractivity contribution in [2.45, 2.75) is 64.7 Å². The van der Waals surface area contributed by atoms with Crippen molar-refractivity contribution >= 4 is 0 Å². The SMILES string of the molecule is C[C@@H]1CCCC[C@H]1C1CCCCC1. The maximum absolute atomic E-state index is 2.50. The predicted octanol–water partition coefficient (Wildman–Crippen LogP) is 4.39. The van der Waals surface area contributed by atoms with E-state index in [2.05, 4.69) is 6.92 Å². The molecule has 0 N–H and O–H groups in total. The third-order valence-corrected chi connectivity index (χ3v) is 4.43. The molecule has 13 heavy (non-hydrogen) atoms. The Morgan fingerprint density at radius 3 is 2.00 bits per heavy atom. The van der Waals surface area contributed by atoms with Gasteiger partial charge in [0.1, 0.15) is 0 Å². The van der Waals surface area contributed by atoms with Gasteiger partial charge >= 0.3 is 0 Å². The highest BCUT2D eigenvalue weighted by Gasteiger charge is 2.29. The van der Waals surface area contributed by atoms with Crippen molar-refractivity contribution in [2.24, 2.45) is 17.8 Å². The summed E-state index contributed by atoms with van der Waals surface area (Å²) in [5.74, 6) is 3.26. The van der Waals surface area contributed by atoms with E-state index in [-0.39, 0.29) is 0 Å². The van der Waals surface area contributed by atoms with E-state index in [0.29, 0.717) is 0 Å². The van der Waals surface area contributed by atoms with Gasteiger partial charge in [-0.2, -0.15) is 0 Å². The molecule has 0 spiro atoms. The fourth-order valence-corrected chi connectivity index (χ4v) is 3.61. The van der Waals surface area contributed by atoms with Gasteiger partial charge in [-0.3, -0.25) is 0 Å². The number of hydrogen-bond acceptors (Lipinski definition) is 0. The molecule has 0 saturated heterocycles. The summed E-state index contributed by atoms with van der Waals surface area (Å²) in [6.07, 6.45) is 13.7. The maximum Gasteiger partial charge on any atom is -0.0360 e. The fraction of sp³-hybridized carbons (Fsp3) is 1.00. The van der Waals surface area contributed by atoms with Gasteiger partial charge in [-0.05, 0) is 24.2 Å². The molecule has 2 fully saturated rings. The van der Waals surface area contributed by atoms with Crippen LogP contribution in [0.25, 0.3) is 0 Å².